The van der Waals surface area contributed by atoms with Gasteiger partial charge in [-0.3, -0.25) is 9.89 Å². The van der Waals surface area contributed by atoms with Gasteiger partial charge >= 0.3 is 0 Å². The predicted molar refractivity (Wildman–Crippen MR) is 69.8 cm³/mol. The van der Waals surface area contributed by atoms with Crippen molar-refractivity contribution in [2.45, 2.75) is 13.3 Å². The lowest BCUT2D eigenvalue weighted by Gasteiger charge is -2.06. The molecule has 2 heterocycles. The van der Waals surface area contributed by atoms with Crippen LogP contribution < -0.4 is 5.56 Å². The van der Waals surface area contributed by atoms with Crippen molar-refractivity contribution in [3.8, 4) is 0 Å². The van der Waals surface area contributed by atoms with E-state index < -0.39 is 0 Å². The fraction of sp³-hybridized carbons (Fsp3) is 0.143. The normalized spacial score (nSPS) is 11.1. The fourth-order valence-corrected chi connectivity index (χ4v) is 2.14. The van der Waals surface area contributed by atoms with Crippen LogP contribution in [0.2, 0.25) is 0 Å². The van der Waals surface area contributed by atoms with Gasteiger partial charge in [0.1, 0.15) is 5.82 Å². The number of rotatable bonds is 2. The molecule has 0 aliphatic rings. The zero-order chi connectivity index (χ0) is 13.4. The molecule has 19 heavy (non-hydrogen) atoms. The van der Waals surface area contributed by atoms with Crippen LogP contribution in [-0.2, 0) is 6.42 Å². The zero-order valence-corrected chi connectivity index (χ0v) is 10.4. The van der Waals surface area contributed by atoms with Crippen molar-refractivity contribution in [3.05, 3.63) is 69.5 Å². The number of hydrogen-bond donors (Lipinski definition) is 1. The van der Waals surface area contributed by atoms with Crippen molar-refractivity contribution in [1.82, 2.24) is 14.6 Å². The Morgan fingerprint density at radius 1 is 1.32 bits per heavy atom. The summed E-state index contributed by atoms with van der Waals surface area (Å²) in [5.74, 6) is -0.308. The van der Waals surface area contributed by atoms with E-state index in [1.807, 2.05) is 0 Å². The number of halogens is 1. The Labute approximate surface area is 108 Å². The van der Waals surface area contributed by atoms with Gasteiger partial charge in [-0.2, -0.15) is 0 Å². The van der Waals surface area contributed by atoms with Crippen molar-refractivity contribution in [2.75, 3.05) is 0 Å². The lowest BCUT2D eigenvalue weighted by Crippen LogP contribution is -2.22. The largest absolute Gasteiger partial charge is 0.297 e. The third-order valence-electron chi connectivity index (χ3n) is 3.17. The molecule has 0 spiro atoms. The SMILES string of the molecule is Cc1nc2cc[nH]n2c(=O)c1Cc1ccccc1F. The van der Waals surface area contributed by atoms with Gasteiger partial charge in [0.05, 0.1) is 0 Å². The lowest BCUT2D eigenvalue weighted by atomic mass is 10.0. The molecule has 0 unspecified atom stereocenters. The van der Waals surface area contributed by atoms with E-state index in [1.165, 1.54) is 10.6 Å². The molecule has 3 aromatic rings. The molecular weight excluding hydrogens is 245 g/mol. The minimum atomic E-state index is -0.308. The molecule has 0 fully saturated rings. The standard InChI is InChI=1S/C14H12FN3O/c1-9-11(8-10-4-2-3-5-12(10)15)14(19)18-13(17-9)6-7-16-18/h2-7,16H,8H2,1H3. The number of hydrogen-bond acceptors (Lipinski definition) is 2. The van der Waals surface area contributed by atoms with Crippen LogP contribution in [0.1, 0.15) is 16.8 Å². The van der Waals surface area contributed by atoms with E-state index in [4.69, 9.17) is 0 Å². The molecule has 3 rings (SSSR count). The van der Waals surface area contributed by atoms with Crippen LogP contribution in [0.15, 0.2) is 41.3 Å². The van der Waals surface area contributed by atoms with Crippen LogP contribution in [0.5, 0.6) is 0 Å². The highest BCUT2D eigenvalue weighted by Crippen LogP contribution is 2.13. The van der Waals surface area contributed by atoms with E-state index in [1.54, 1.807) is 37.4 Å². The summed E-state index contributed by atoms with van der Waals surface area (Å²) < 4.78 is 15.0. The minimum absolute atomic E-state index is 0.184. The first-order valence-electron chi connectivity index (χ1n) is 5.96. The predicted octanol–water partition coefficient (Wildman–Crippen LogP) is 2.06. The molecular formula is C14H12FN3O. The summed E-state index contributed by atoms with van der Waals surface area (Å²) >= 11 is 0. The molecule has 0 bridgehead atoms. The Morgan fingerprint density at radius 2 is 2.11 bits per heavy atom. The van der Waals surface area contributed by atoms with Gasteiger partial charge in [0.25, 0.3) is 5.56 Å². The zero-order valence-electron chi connectivity index (χ0n) is 10.4. The average Bonchev–Trinajstić information content (AvgIpc) is 2.84. The van der Waals surface area contributed by atoms with Crippen LogP contribution in [0, 0.1) is 12.7 Å². The first-order chi connectivity index (χ1) is 9.16. The second-order valence-electron chi connectivity index (χ2n) is 4.41. The van der Waals surface area contributed by atoms with Gasteiger partial charge in [0.2, 0.25) is 0 Å². The van der Waals surface area contributed by atoms with Gasteiger partial charge < -0.3 is 0 Å². The summed E-state index contributed by atoms with van der Waals surface area (Å²) in [5.41, 5.74) is 2.02. The van der Waals surface area contributed by atoms with Crippen molar-refractivity contribution in [3.63, 3.8) is 0 Å². The van der Waals surface area contributed by atoms with E-state index in [2.05, 4.69) is 10.1 Å². The lowest BCUT2D eigenvalue weighted by molar-refractivity contribution is 0.613. The molecule has 2 aromatic heterocycles. The Kier molecular flexibility index (Phi) is 2.67. The number of aryl methyl sites for hydroxylation is 1. The van der Waals surface area contributed by atoms with E-state index >= 15 is 0 Å². The van der Waals surface area contributed by atoms with Gasteiger partial charge in [-0.25, -0.2) is 13.9 Å². The number of benzene rings is 1. The topological polar surface area (TPSA) is 50.2 Å². The summed E-state index contributed by atoms with van der Waals surface area (Å²) in [6.07, 6.45) is 1.89. The number of fused-ring (bicyclic) bond motifs is 1. The van der Waals surface area contributed by atoms with Crippen LogP contribution in [0.25, 0.3) is 5.65 Å². The molecule has 4 nitrogen and oxygen atoms in total. The van der Waals surface area contributed by atoms with E-state index in [0.29, 0.717) is 22.5 Å². The first kappa shape index (κ1) is 11.6. The molecule has 5 heteroatoms. The molecule has 0 atom stereocenters. The molecule has 0 radical (unpaired) electrons. The Hall–Kier alpha value is -2.43. The monoisotopic (exact) mass is 257 g/mol. The summed E-state index contributed by atoms with van der Waals surface area (Å²) in [4.78, 5) is 16.6. The average molecular weight is 257 g/mol. The third kappa shape index (κ3) is 1.93. The van der Waals surface area contributed by atoms with Crippen molar-refractivity contribution in [2.24, 2.45) is 0 Å². The Bertz CT molecular complexity index is 804. The Balaban J connectivity index is 2.15. The van der Waals surface area contributed by atoms with Crippen molar-refractivity contribution in [1.29, 1.82) is 0 Å². The highest BCUT2D eigenvalue weighted by atomic mass is 19.1. The summed E-state index contributed by atoms with van der Waals surface area (Å²) in [5, 5.41) is 2.80. The third-order valence-corrected chi connectivity index (χ3v) is 3.17. The summed E-state index contributed by atoms with van der Waals surface area (Å²) in [7, 11) is 0. The maximum absolute atomic E-state index is 13.7. The van der Waals surface area contributed by atoms with Crippen LogP contribution in [0.4, 0.5) is 4.39 Å². The number of aromatic amines is 1. The van der Waals surface area contributed by atoms with Gasteiger partial charge in [-0.05, 0) is 18.6 Å². The first-order valence-corrected chi connectivity index (χ1v) is 5.96. The van der Waals surface area contributed by atoms with Crippen molar-refractivity contribution >= 4 is 5.65 Å². The highest BCUT2D eigenvalue weighted by Gasteiger charge is 2.12. The maximum atomic E-state index is 13.7. The molecule has 1 aromatic carbocycles. The quantitative estimate of drug-likeness (QED) is 0.764. The molecule has 0 aliphatic carbocycles. The number of H-pyrrole nitrogens is 1. The molecule has 1 N–H and O–H groups in total. The minimum Gasteiger partial charge on any atom is -0.297 e. The fourth-order valence-electron chi connectivity index (χ4n) is 2.14. The summed E-state index contributed by atoms with van der Waals surface area (Å²) in [6.45, 7) is 1.77. The molecule has 96 valence electrons. The second-order valence-corrected chi connectivity index (χ2v) is 4.41. The van der Waals surface area contributed by atoms with Gasteiger partial charge in [0, 0.05) is 29.9 Å². The summed E-state index contributed by atoms with van der Waals surface area (Å²) in [6, 6.07) is 8.18. The smallest absolute Gasteiger partial charge is 0.276 e. The second kappa shape index (κ2) is 4.35. The number of nitrogens with one attached hydrogen (secondary N) is 1. The highest BCUT2D eigenvalue weighted by molar-refractivity contribution is 5.40. The van der Waals surface area contributed by atoms with Gasteiger partial charge in [-0.1, -0.05) is 18.2 Å². The van der Waals surface area contributed by atoms with Crippen LogP contribution >= 0.6 is 0 Å². The molecule has 0 saturated carbocycles. The molecule has 0 saturated heterocycles. The number of aromatic nitrogens is 3. The maximum Gasteiger partial charge on any atom is 0.276 e. The molecule has 0 amide bonds. The van der Waals surface area contributed by atoms with Gasteiger partial charge in [-0.15, -0.1) is 0 Å². The van der Waals surface area contributed by atoms with Crippen molar-refractivity contribution < 1.29 is 4.39 Å². The Morgan fingerprint density at radius 3 is 2.89 bits per heavy atom. The van der Waals surface area contributed by atoms with Gasteiger partial charge in [0.15, 0.2) is 5.65 Å². The van der Waals surface area contributed by atoms with Crippen LogP contribution in [-0.4, -0.2) is 14.6 Å². The van der Waals surface area contributed by atoms with E-state index in [-0.39, 0.29) is 17.8 Å². The molecule has 0 aliphatic heterocycles. The van der Waals surface area contributed by atoms with Crippen LogP contribution in [0.3, 0.4) is 0 Å². The van der Waals surface area contributed by atoms with E-state index in [0.717, 1.165) is 0 Å². The van der Waals surface area contributed by atoms with E-state index in [9.17, 15) is 9.18 Å². The number of nitrogens with zero attached hydrogens (tertiary/aromatic N) is 2.